The van der Waals surface area contributed by atoms with Crippen LogP contribution in [0, 0.1) is 0 Å². The Morgan fingerprint density at radius 2 is 1.40 bits per heavy atom. The van der Waals surface area contributed by atoms with Crippen LogP contribution in [0.15, 0.2) is 24.3 Å². The first-order chi connectivity index (χ1) is 6.82. The van der Waals surface area contributed by atoms with Gasteiger partial charge in [-0.3, -0.25) is 0 Å². The second kappa shape index (κ2) is 4.23. The van der Waals surface area contributed by atoms with Gasteiger partial charge >= 0.3 is 6.18 Å². The molecule has 1 nitrogen and oxygen atoms in total. The van der Waals surface area contributed by atoms with Crippen molar-refractivity contribution >= 4 is 0 Å². The van der Waals surface area contributed by atoms with Crippen LogP contribution in [0.3, 0.4) is 0 Å². The van der Waals surface area contributed by atoms with Gasteiger partial charge in [0.15, 0.2) is 6.10 Å². The molecule has 0 spiro atoms. The third-order valence-electron chi connectivity index (χ3n) is 2.23. The van der Waals surface area contributed by atoms with Gasteiger partial charge in [-0.1, -0.05) is 38.1 Å². The van der Waals surface area contributed by atoms with E-state index in [1.807, 2.05) is 13.8 Å². The predicted octanol–water partition coefficient (Wildman–Crippen LogP) is 3.41. The van der Waals surface area contributed by atoms with Crippen LogP contribution >= 0.6 is 0 Å². The number of benzene rings is 1. The van der Waals surface area contributed by atoms with Crippen molar-refractivity contribution < 1.29 is 18.3 Å². The lowest BCUT2D eigenvalue weighted by molar-refractivity contribution is -0.206. The molecular formula is C11H13F3O. The van der Waals surface area contributed by atoms with Crippen molar-refractivity contribution in [1.82, 2.24) is 0 Å². The summed E-state index contributed by atoms with van der Waals surface area (Å²) in [7, 11) is 0. The first-order valence-corrected chi connectivity index (χ1v) is 4.67. The quantitative estimate of drug-likeness (QED) is 0.806. The highest BCUT2D eigenvalue weighted by atomic mass is 19.4. The molecule has 0 saturated heterocycles. The van der Waals surface area contributed by atoms with E-state index in [0.717, 1.165) is 5.56 Å². The Kier molecular flexibility index (Phi) is 3.39. The summed E-state index contributed by atoms with van der Waals surface area (Å²) in [4.78, 5) is 0. The van der Waals surface area contributed by atoms with E-state index < -0.39 is 12.3 Å². The molecule has 15 heavy (non-hydrogen) atoms. The normalized spacial score (nSPS) is 14.3. The van der Waals surface area contributed by atoms with E-state index in [1.165, 1.54) is 12.1 Å². The molecule has 1 aromatic rings. The van der Waals surface area contributed by atoms with Crippen molar-refractivity contribution in [3.63, 3.8) is 0 Å². The van der Waals surface area contributed by atoms with Crippen LogP contribution in [0.1, 0.15) is 37.0 Å². The molecule has 0 saturated carbocycles. The lowest BCUT2D eigenvalue weighted by Gasteiger charge is -2.15. The summed E-state index contributed by atoms with van der Waals surface area (Å²) in [6.07, 6.45) is -6.99. The van der Waals surface area contributed by atoms with Gasteiger partial charge in [0.1, 0.15) is 0 Å². The summed E-state index contributed by atoms with van der Waals surface area (Å²) in [6, 6.07) is 5.84. The summed E-state index contributed by atoms with van der Waals surface area (Å²) in [5, 5.41) is 8.96. The Bertz CT molecular complexity index is 314. The van der Waals surface area contributed by atoms with Gasteiger partial charge in [0.05, 0.1) is 0 Å². The second-order valence-corrected chi connectivity index (χ2v) is 3.77. The maximum absolute atomic E-state index is 12.1. The molecule has 0 unspecified atom stereocenters. The Hall–Kier alpha value is -1.03. The third kappa shape index (κ3) is 2.96. The highest BCUT2D eigenvalue weighted by Crippen LogP contribution is 2.32. The van der Waals surface area contributed by atoms with E-state index in [-0.39, 0.29) is 11.5 Å². The van der Waals surface area contributed by atoms with Crippen LogP contribution in [0.4, 0.5) is 13.2 Å². The van der Waals surface area contributed by atoms with Gasteiger partial charge in [0.2, 0.25) is 0 Å². The minimum Gasteiger partial charge on any atom is -0.379 e. The van der Waals surface area contributed by atoms with E-state index in [4.69, 9.17) is 5.11 Å². The van der Waals surface area contributed by atoms with Crippen LogP contribution < -0.4 is 0 Å². The van der Waals surface area contributed by atoms with E-state index in [2.05, 4.69) is 0 Å². The number of hydrogen-bond acceptors (Lipinski definition) is 1. The number of aliphatic hydroxyl groups is 1. The topological polar surface area (TPSA) is 20.2 Å². The summed E-state index contributed by atoms with van der Waals surface area (Å²) in [6.45, 7) is 3.91. The Morgan fingerprint density at radius 3 is 1.73 bits per heavy atom. The fourth-order valence-electron chi connectivity index (χ4n) is 1.25. The first-order valence-electron chi connectivity index (χ1n) is 4.67. The van der Waals surface area contributed by atoms with Crippen molar-refractivity contribution in [2.75, 3.05) is 0 Å². The third-order valence-corrected chi connectivity index (χ3v) is 2.23. The van der Waals surface area contributed by atoms with Gasteiger partial charge < -0.3 is 5.11 Å². The number of rotatable bonds is 2. The minimum absolute atomic E-state index is 0.119. The maximum atomic E-state index is 12.1. The fraction of sp³-hybridized carbons (Fsp3) is 0.455. The van der Waals surface area contributed by atoms with E-state index in [9.17, 15) is 13.2 Å². The molecule has 1 rings (SSSR count). The monoisotopic (exact) mass is 218 g/mol. The Balaban J connectivity index is 2.89. The summed E-state index contributed by atoms with van der Waals surface area (Å²) >= 11 is 0. The molecule has 0 fully saturated rings. The molecule has 0 amide bonds. The van der Waals surface area contributed by atoms with E-state index in [0.29, 0.717) is 0 Å². The number of halogens is 3. The molecule has 84 valence electrons. The number of alkyl halides is 3. The highest BCUT2D eigenvalue weighted by Gasteiger charge is 2.39. The lowest BCUT2D eigenvalue weighted by Crippen LogP contribution is -2.20. The molecule has 1 atom stereocenters. The minimum atomic E-state index is -4.60. The van der Waals surface area contributed by atoms with Gasteiger partial charge in [-0.25, -0.2) is 0 Å². The SMILES string of the molecule is CC(C)c1ccc([C@@H](O)C(F)(F)F)cc1. The number of aliphatic hydroxyl groups excluding tert-OH is 1. The van der Waals surface area contributed by atoms with Crippen molar-refractivity contribution in [2.45, 2.75) is 32.0 Å². The number of hydrogen-bond donors (Lipinski definition) is 1. The summed E-state index contributed by atoms with van der Waals surface area (Å²) in [5.74, 6) is 0.266. The zero-order valence-electron chi connectivity index (χ0n) is 8.55. The summed E-state index contributed by atoms with van der Waals surface area (Å²) < 4.78 is 36.4. The van der Waals surface area contributed by atoms with Gasteiger partial charge in [0, 0.05) is 0 Å². The van der Waals surface area contributed by atoms with Crippen LogP contribution in [0.25, 0.3) is 0 Å². The average molecular weight is 218 g/mol. The van der Waals surface area contributed by atoms with Gasteiger partial charge in [-0.05, 0) is 17.0 Å². The predicted molar refractivity (Wildman–Crippen MR) is 51.5 cm³/mol. The lowest BCUT2D eigenvalue weighted by atomic mass is 10.00. The van der Waals surface area contributed by atoms with E-state index in [1.54, 1.807) is 12.1 Å². The van der Waals surface area contributed by atoms with Crippen LogP contribution in [0.2, 0.25) is 0 Å². The first kappa shape index (κ1) is 12.0. The van der Waals surface area contributed by atoms with Crippen LogP contribution in [-0.2, 0) is 0 Å². The molecule has 0 radical (unpaired) electrons. The Morgan fingerprint density at radius 1 is 1.00 bits per heavy atom. The largest absolute Gasteiger partial charge is 0.418 e. The molecule has 0 aliphatic carbocycles. The molecular weight excluding hydrogens is 205 g/mol. The van der Waals surface area contributed by atoms with Crippen LogP contribution in [-0.4, -0.2) is 11.3 Å². The molecule has 4 heteroatoms. The smallest absolute Gasteiger partial charge is 0.379 e. The molecule has 0 heterocycles. The molecule has 0 aliphatic heterocycles. The van der Waals surface area contributed by atoms with Gasteiger partial charge in [-0.2, -0.15) is 13.2 Å². The Labute approximate surface area is 86.5 Å². The molecule has 1 N–H and O–H groups in total. The van der Waals surface area contributed by atoms with Crippen LogP contribution in [0.5, 0.6) is 0 Å². The van der Waals surface area contributed by atoms with Crippen molar-refractivity contribution in [3.05, 3.63) is 35.4 Å². The van der Waals surface area contributed by atoms with Crippen molar-refractivity contribution in [1.29, 1.82) is 0 Å². The molecule has 0 bridgehead atoms. The molecule has 1 aromatic carbocycles. The molecule has 0 aliphatic rings. The van der Waals surface area contributed by atoms with Crippen molar-refractivity contribution in [2.24, 2.45) is 0 Å². The highest BCUT2D eigenvalue weighted by molar-refractivity contribution is 5.26. The summed E-state index contributed by atoms with van der Waals surface area (Å²) in [5.41, 5.74) is 0.833. The molecule has 0 aromatic heterocycles. The fourth-order valence-corrected chi connectivity index (χ4v) is 1.25. The second-order valence-electron chi connectivity index (χ2n) is 3.77. The van der Waals surface area contributed by atoms with E-state index >= 15 is 0 Å². The van der Waals surface area contributed by atoms with Crippen molar-refractivity contribution in [3.8, 4) is 0 Å². The maximum Gasteiger partial charge on any atom is 0.418 e. The zero-order chi connectivity index (χ0) is 11.6. The zero-order valence-corrected chi connectivity index (χ0v) is 8.55. The standard InChI is InChI=1S/C11H13F3O/c1-7(2)8-3-5-9(6-4-8)10(15)11(12,13)14/h3-7,10,15H,1-2H3/t10-/m1/s1. The van der Waals surface area contributed by atoms with Gasteiger partial charge in [0.25, 0.3) is 0 Å². The van der Waals surface area contributed by atoms with Gasteiger partial charge in [-0.15, -0.1) is 0 Å². The average Bonchev–Trinajstić information content (AvgIpc) is 2.15.